The van der Waals surface area contributed by atoms with Gasteiger partial charge in [-0.2, -0.15) is 0 Å². The number of rotatable bonds is 11. The van der Waals surface area contributed by atoms with E-state index in [4.69, 9.17) is 14.2 Å². The highest BCUT2D eigenvalue weighted by molar-refractivity contribution is 5.99. The molecule has 0 aromatic heterocycles. The lowest BCUT2D eigenvalue weighted by molar-refractivity contribution is -0.121. The van der Waals surface area contributed by atoms with E-state index >= 15 is 0 Å². The van der Waals surface area contributed by atoms with Crippen molar-refractivity contribution in [3.8, 4) is 0 Å². The number of amides is 2. The van der Waals surface area contributed by atoms with Gasteiger partial charge in [-0.3, -0.25) is 9.59 Å². The monoisotopic (exact) mass is 426 g/mol. The Morgan fingerprint density at radius 1 is 1.03 bits per heavy atom. The third-order valence-corrected chi connectivity index (χ3v) is 4.79. The van der Waals surface area contributed by atoms with Gasteiger partial charge in [0.1, 0.15) is 12.7 Å². The Morgan fingerprint density at radius 2 is 1.71 bits per heavy atom. The fraction of sp³-hybridized carbons (Fsp3) is 0.348. The fourth-order valence-electron chi connectivity index (χ4n) is 3.11. The zero-order valence-corrected chi connectivity index (χ0v) is 17.3. The molecule has 164 valence electrons. The van der Waals surface area contributed by atoms with Crippen LogP contribution in [0.4, 0.5) is 4.79 Å². The van der Waals surface area contributed by atoms with Crippen LogP contribution < -0.4 is 10.6 Å². The van der Waals surface area contributed by atoms with Crippen molar-refractivity contribution < 1.29 is 28.6 Å². The first kappa shape index (κ1) is 22.5. The minimum atomic E-state index is -0.628. The van der Waals surface area contributed by atoms with Crippen LogP contribution in [0.3, 0.4) is 0 Å². The second kappa shape index (κ2) is 11.2. The molecule has 1 aliphatic heterocycles. The summed E-state index contributed by atoms with van der Waals surface area (Å²) < 4.78 is 15.7. The highest BCUT2D eigenvalue weighted by Crippen LogP contribution is 2.27. The van der Waals surface area contributed by atoms with E-state index < -0.39 is 12.1 Å². The Morgan fingerprint density at radius 3 is 2.35 bits per heavy atom. The number of hydrogen-bond donors (Lipinski definition) is 2. The van der Waals surface area contributed by atoms with Crippen LogP contribution in [0.5, 0.6) is 0 Å². The predicted octanol–water partition coefficient (Wildman–Crippen LogP) is 2.43. The maximum absolute atomic E-state index is 12.4. The molecule has 8 heteroatoms. The quantitative estimate of drug-likeness (QED) is 0.422. The number of Topliss-reactive ketones (excluding diaryl/α,β-unsaturated/α-hetero) is 1. The van der Waals surface area contributed by atoms with Crippen molar-refractivity contribution in [3.63, 3.8) is 0 Å². The molecule has 0 radical (unpaired) electrons. The average molecular weight is 426 g/mol. The third-order valence-electron chi connectivity index (χ3n) is 4.79. The number of carbonyl (C=O) groups excluding carboxylic acids is 3. The first-order valence-electron chi connectivity index (χ1n) is 10.1. The normalized spacial score (nSPS) is 18.0. The number of ketones is 1. The lowest BCUT2D eigenvalue weighted by Crippen LogP contribution is -2.41. The largest absolute Gasteiger partial charge is 0.445 e. The van der Waals surface area contributed by atoms with Gasteiger partial charge in [-0.1, -0.05) is 60.7 Å². The van der Waals surface area contributed by atoms with Crippen molar-refractivity contribution in [2.45, 2.75) is 37.9 Å². The molecule has 1 saturated heterocycles. The van der Waals surface area contributed by atoms with Crippen LogP contribution in [-0.4, -0.2) is 49.9 Å². The second-order valence-electron chi connectivity index (χ2n) is 7.19. The molecule has 1 fully saturated rings. The molecule has 1 heterocycles. The molecular formula is C23H26N2O6. The summed E-state index contributed by atoms with van der Waals surface area (Å²) in [5.74, 6) is -0.544. The Kier molecular flexibility index (Phi) is 8.14. The van der Waals surface area contributed by atoms with Gasteiger partial charge in [0.2, 0.25) is 5.91 Å². The molecular weight excluding hydrogens is 400 g/mol. The highest BCUT2D eigenvalue weighted by atomic mass is 16.8. The molecule has 8 nitrogen and oxygen atoms in total. The summed E-state index contributed by atoms with van der Waals surface area (Å²) in [4.78, 5) is 36.8. The molecule has 2 amide bonds. The van der Waals surface area contributed by atoms with Crippen molar-refractivity contribution in [2.75, 3.05) is 13.7 Å². The molecule has 0 aliphatic carbocycles. The number of carbonyl (C=O) groups is 3. The number of hydrogen-bond acceptors (Lipinski definition) is 6. The molecule has 0 saturated carbocycles. The molecule has 2 aromatic rings. The topological polar surface area (TPSA) is 106 Å². The number of epoxide rings is 1. The van der Waals surface area contributed by atoms with Crippen LogP contribution in [0.15, 0.2) is 60.7 Å². The standard InChI is InChI=1S/C23H26N2O6/c1-29-22-20(31-22)12-18(25-23(28)30-15-16-8-4-2-5-9-16)13-21(27)24-14-19(26)17-10-6-3-7-11-17/h2-11,18,20,22H,12-15H2,1H3,(H,24,27)(H,25,28)/t18-,20?,22?/m1/s1. The SMILES string of the molecule is COC1OC1C[C@H](CC(=O)NCC(=O)c1ccccc1)NC(=O)OCc1ccccc1. The number of alkyl carbamates (subject to hydrolysis) is 1. The van der Waals surface area contributed by atoms with Crippen LogP contribution in [-0.2, 0) is 25.6 Å². The summed E-state index contributed by atoms with van der Waals surface area (Å²) in [5.41, 5.74) is 1.38. The van der Waals surface area contributed by atoms with Crippen molar-refractivity contribution in [1.82, 2.24) is 10.6 Å². The van der Waals surface area contributed by atoms with Gasteiger partial charge >= 0.3 is 6.09 Å². The van der Waals surface area contributed by atoms with E-state index in [1.54, 1.807) is 24.3 Å². The van der Waals surface area contributed by atoms with E-state index in [0.717, 1.165) is 5.56 Å². The predicted molar refractivity (Wildman–Crippen MR) is 112 cm³/mol. The second-order valence-corrected chi connectivity index (χ2v) is 7.19. The lowest BCUT2D eigenvalue weighted by atomic mass is 10.1. The van der Waals surface area contributed by atoms with Gasteiger partial charge in [0.25, 0.3) is 0 Å². The Balaban J connectivity index is 1.48. The molecule has 2 unspecified atom stereocenters. The smallest absolute Gasteiger partial charge is 0.407 e. The van der Waals surface area contributed by atoms with Gasteiger partial charge in [-0.05, 0) is 12.0 Å². The van der Waals surface area contributed by atoms with Crippen LogP contribution in [0.1, 0.15) is 28.8 Å². The number of benzene rings is 2. The molecule has 0 spiro atoms. The Bertz CT molecular complexity index is 874. The van der Waals surface area contributed by atoms with Crippen LogP contribution in [0, 0.1) is 0 Å². The summed E-state index contributed by atoms with van der Waals surface area (Å²) >= 11 is 0. The van der Waals surface area contributed by atoms with Crippen molar-refractivity contribution in [2.24, 2.45) is 0 Å². The molecule has 3 rings (SSSR count). The van der Waals surface area contributed by atoms with Gasteiger partial charge in [-0.25, -0.2) is 4.79 Å². The minimum absolute atomic E-state index is 0.0151. The van der Waals surface area contributed by atoms with Crippen molar-refractivity contribution in [3.05, 3.63) is 71.8 Å². The zero-order chi connectivity index (χ0) is 22.1. The highest BCUT2D eigenvalue weighted by Gasteiger charge is 2.41. The van der Waals surface area contributed by atoms with Gasteiger partial charge in [-0.15, -0.1) is 0 Å². The summed E-state index contributed by atoms with van der Waals surface area (Å²) in [6.07, 6.45) is -0.801. The van der Waals surface area contributed by atoms with E-state index in [0.29, 0.717) is 12.0 Å². The van der Waals surface area contributed by atoms with E-state index in [-0.39, 0.29) is 43.7 Å². The first-order chi connectivity index (χ1) is 15.0. The Labute approximate surface area is 180 Å². The van der Waals surface area contributed by atoms with Gasteiger partial charge < -0.3 is 24.8 Å². The maximum atomic E-state index is 12.4. The van der Waals surface area contributed by atoms with Crippen LogP contribution >= 0.6 is 0 Å². The lowest BCUT2D eigenvalue weighted by Gasteiger charge is -2.17. The summed E-state index contributed by atoms with van der Waals surface area (Å²) in [7, 11) is 1.53. The van der Waals surface area contributed by atoms with Crippen molar-refractivity contribution >= 4 is 17.8 Å². The Hall–Kier alpha value is -3.23. The van der Waals surface area contributed by atoms with E-state index in [2.05, 4.69) is 10.6 Å². The fourth-order valence-corrected chi connectivity index (χ4v) is 3.11. The van der Waals surface area contributed by atoms with E-state index in [9.17, 15) is 14.4 Å². The zero-order valence-electron chi connectivity index (χ0n) is 17.3. The van der Waals surface area contributed by atoms with E-state index in [1.807, 2.05) is 36.4 Å². The number of ether oxygens (including phenoxy) is 3. The van der Waals surface area contributed by atoms with Crippen molar-refractivity contribution in [1.29, 1.82) is 0 Å². The average Bonchev–Trinajstić information content (AvgIpc) is 3.55. The summed E-state index contributed by atoms with van der Waals surface area (Å²) in [6.45, 7) is 0.00639. The third kappa shape index (κ3) is 7.51. The first-order valence-corrected chi connectivity index (χ1v) is 10.1. The van der Waals surface area contributed by atoms with Gasteiger partial charge in [0.15, 0.2) is 12.1 Å². The number of methoxy groups -OCH3 is 1. The summed E-state index contributed by atoms with van der Waals surface area (Å²) in [6, 6.07) is 17.5. The molecule has 3 atom stereocenters. The van der Waals surface area contributed by atoms with Crippen LogP contribution in [0.25, 0.3) is 0 Å². The minimum Gasteiger partial charge on any atom is -0.445 e. The molecule has 0 bridgehead atoms. The molecule has 2 aromatic carbocycles. The van der Waals surface area contributed by atoms with Crippen LogP contribution in [0.2, 0.25) is 0 Å². The molecule has 31 heavy (non-hydrogen) atoms. The van der Waals surface area contributed by atoms with E-state index in [1.165, 1.54) is 7.11 Å². The van der Waals surface area contributed by atoms with Gasteiger partial charge in [0, 0.05) is 25.1 Å². The summed E-state index contributed by atoms with van der Waals surface area (Å²) in [5, 5.41) is 5.32. The van der Waals surface area contributed by atoms with Gasteiger partial charge in [0.05, 0.1) is 6.54 Å². The maximum Gasteiger partial charge on any atom is 0.407 e. The molecule has 1 aliphatic rings. The number of nitrogens with one attached hydrogen (secondary N) is 2. The molecule has 2 N–H and O–H groups in total.